The van der Waals surface area contributed by atoms with E-state index >= 15 is 0 Å². The Hall–Kier alpha value is -1.97. The molecular weight excluding hydrogens is 360 g/mol. The zero-order chi connectivity index (χ0) is 19.2. The molecular formula is C17H24N2O6S. The predicted octanol–water partition coefficient (Wildman–Crippen LogP) is 1.08. The molecule has 0 spiro atoms. The van der Waals surface area contributed by atoms with Gasteiger partial charge >= 0.3 is 5.97 Å². The Morgan fingerprint density at radius 1 is 1.27 bits per heavy atom. The molecule has 1 atom stereocenters. The maximum absolute atomic E-state index is 12.9. The molecule has 2 N–H and O–H groups in total. The smallest absolute Gasteiger partial charge is 0.326 e. The van der Waals surface area contributed by atoms with Gasteiger partial charge in [0.1, 0.15) is 6.04 Å². The van der Waals surface area contributed by atoms with Gasteiger partial charge in [0.2, 0.25) is 10.0 Å². The molecule has 1 amide bonds. The molecule has 144 valence electrons. The van der Waals surface area contributed by atoms with Crippen molar-refractivity contribution in [2.75, 3.05) is 26.3 Å². The first-order valence-electron chi connectivity index (χ1n) is 8.58. The minimum Gasteiger partial charge on any atom is -0.480 e. The van der Waals surface area contributed by atoms with Crippen LogP contribution in [0, 0.1) is 0 Å². The summed E-state index contributed by atoms with van der Waals surface area (Å²) in [6, 6.07) is 4.79. The average Bonchev–Trinajstić information content (AvgIpc) is 2.65. The van der Waals surface area contributed by atoms with Crippen LogP contribution in [0.5, 0.6) is 0 Å². The van der Waals surface area contributed by atoms with E-state index < -0.39 is 27.9 Å². The van der Waals surface area contributed by atoms with Crippen LogP contribution in [0.25, 0.3) is 0 Å². The van der Waals surface area contributed by atoms with Crippen molar-refractivity contribution in [3.05, 3.63) is 29.8 Å². The Labute approximate surface area is 153 Å². The van der Waals surface area contributed by atoms with Gasteiger partial charge in [0.05, 0.1) is 23.7 Å². The number of rotatable bonds is 8. The van der Waals surface area contributed by atoms with Crippen LogP contribution in [0.2, 0.25) is 0 Å². The van der Waals surface area contributed by atoms with E-state index in [0.29, 0.717) is 19.6 Å². The van der Waals surface area contributed by atoms with Crippen molar-refractivity contribution in [1.82, 2.24) is 9.62 Å². The lowest BCUT2D eigenvalue weighted by Crippen LogP contribution is -2.43. The van der Waals surface area contributed by atoms with Gasteiger partial charge in [0.25, 0.3) is 5.91 Å². The normalized spacial score (nSPS) is 16.8. The van der Waals surface area contributed by atoms with Gasteiger partial charge in [-0.05, 0) is 18.6 Å². The van der Waals surface area contributed by atoms with Crippen LogP contribution in [-0.4, -0.2) is 62.1 Å². The summed E-state index contributed by atoms with van der Waals surface area (Å²) < 4.78 is 32.2. The van der Waals surface area contributed by atoms with E-state index in [0.717, 1.165) is 6.42 Å². The molecule has 1 aromatic carbocycles. The van der Waals surface area contributed by atoms with Crippen LogP contribution in [0.15, 0.2) is 29.2 Å². The van der Waals surface area contributed by atoms with Crippen LogP contribution >= 0.6 is 0 Å². The molecule has 0 bridgehead atoms. The Morgan fingerprint density at radius 2 is 1.92 bits per heavy atom. The SMILES string of the molecule is CCCCC(NC(=O)c1ccccc1S(=O)(=O)N1CCOCC1)C(=O)O. The number of unbranched alkanes of at least 4 members (excludes halogenated alkanes) is 1. The van der Waals surface area contributed by atoms with Crippen LogP contribution in [0.1, 0.15) is 36.5 Å². The molecule has 1 aliphatic heterocycles. The fraction of sp³-hybridized carbons (Fsp3) is 0.529. The van der Waals surface area contributed by atoms with E-state index in [1.54, 1.807) is 6.07 Å². The number of benzene rings is 1. The topological polar surface area (TPSA) is 113 Å². The second-order valence-electron chi connectivity index (χ2n) is 6.02. The lowest BCUT2D eigenvalue weighted by atomic mass is 10.1. The monoisotopic (exact) mass is 384 g/mol. The summed E-state index contributed by atoms with van der Waals surface area (Å²) in [7, 11) is -3.87. The molecule has 1 aliphatic rings. The van der Waals surface area contributed by atoms with Crippen molar-refractivity contribution in [2.24, 2.45) is 0 Å². The third-order valence-electron chi connectivity index (χ3n) is 4.17. The van der Waals surface area contributed by atoms with Crippen LogP contribution < -0.4 is 5.32 Å². The van der Waals surface area contributed by atoms with E-state index in [-0.39, 0.29) is 30.0 Å². The summed E-state index contributed by atoms with van der Waals surface area (Å²) in [6.45, 7) is 2.95. The Kier molecular flexibility index (Phi) is 7.13. The number of ether oxygens (including phenoxy) is 1. The van der Waals surface area contributed by atoms with Crippen LogP contribution in [0.3, 0.4) is 0 Å². The predicted molar refractivity (Wildman–Crippen MR) is 94.4 cm³/mol. The molecule has 0 aliphatic carbocycles. The van der Waals surface area contributed by atoms with Crippen molar-refractivity contribution < 1.29 is 27.9 Å². The quantitative estimate of drug-likeness (QED) is 0.693. The highest BCUT2D eigenvalue weighted by Crippen LogP contribution is 2.21. The molecule has 9 heteroatoms. The second kappa shape index (κ2) is 9.11. The van der Waals surface area contributed by atoms with Crippen molar-refractivity contribution in [2.45, 2.75) is 37.1 Å². The van der Waals surface area contributed by atoms with Crippen LogP contribution in [-0.2, 0) is 19.6 Å². The van der Waals surface area contributed by atoms with Gasteiger partial charge in [0, 0.05) is 13.1 Å². The third-order valence-corrected chi connectivity index (χ3v) is 6.13. The molecule has 1 fully saturated rings. The lowest BCUT2D eigenvalue weighted by Gasteiger charge is -2.27. The van der Waals surface area contributed by atoms with Gasteiger partial charge in [-0.1, -0.05) is 31.9 Å². The van der Waals surface area contributed by atoms with E-state index in [1.807, 2.05) is 6.92 Å². The second-order valence-corrected chi connectivity index (χ2v) is 7.93. The molecule has 26 heavy (non-hydrogen) atoms. The highest BCUT2D eigenvalue weighted by molar-refractivity contribution is 7.89. The fourth-order valence-electron chi connectivity index (χ4n) is 2.71. The summed E-state index contributed by atoms with van der Waals surface area (Å²) in [5, 5.41) is 11.7. The maximum atomic E-state index is 12.9. The number of sulfonamides is 1. The minimum absolute atomic E-state index is 0.0539. The van der Waals surface area contributed by atoms with Crippen molar-refractivity contribution in [3.63, 3.8) is 0 Å². The van der Waals surface area contributed by atoms with Gasteiger partial charge in [0.15, 0.2) is 0 Å². The van der Waals surface area contributed by atoms with Crippen molar-refractivity contribution in [3.8, 4) is 0 Å². The maximum Gasteiger partial charge on any atom is 0.326 e. The number of morpholine rings is 1. The number of nitrogens with one attached hydrogen (secondary N) is 1. The highest BCUT2D eigenvalue weighted by Gasteiger charge is 2.31. The molecule has 1 heterocycles. The number of nitrogens with zero attached hydrogens (tertiary/aromatic N) is 1. The van der Waals surface area contributed by atoms with Crippen LogP contribution in [0.4, 0.5) is 0 Å². The number of carbonyl (C=O) groups excluding carboxylic acids is 1. The first kappa shape index (κ1) is 20.3. The molecule has 2 rings (SSSR count). The van der Waals surface area contributed by atoms with Gasteiger partial charge < -0.3 is 15.2 Å². The van der Waals surface area contributed by atoms with E-state index in [4.69, 9.17) is 4.74 Å². The summed E-state index contributed by atoms with van der Waals surface area (Å²) >= 11 is 0. The highest BCUT2D eigenvalue weighted by atomic mass is 32.2. The molecule has 1 aromatic rings. The molecule has 0 saturated carbocycles. The van der Waals surface area contributed by atoms with E-state index in [9.17, 15) is 23.1 Å². The van der Waals surface area contributed by atoms with Crippen molar-refractivity contribution >= 4 is 21.9 Å². The summed E-state index contributed by atoms with van der Waals surface area (Å²) in [5.74, 6) is -1.85. The molecule has 1 saturated heterocycles. The fourth-order valence-corrected chi connectivity index (χ4v) is 4.30. The number of carbonyl (C=O) groups is 2. The van der Waals surface area contributed by atoms with Crippen molar-refractivity contribution in [1.29, 1.82) is 0 Å². The minimum atomic E-state index is -3.87. The Morgan fingerprint density at radius 3 is 2.54 bits per heavy atom. The number of amides is 1. The van der Waals surface area contributed by atoms with Gasteiger partial charge in [-0.2, -0.15) is 4.31 Å². The first-order chi connectivity index (χ1) is 12.4. The standard InChI is InChI=1S/C17H24N2O6S/c1-2-3-7-14(17(21)22)18-16(20)13-6-4-5-8-15(13)26(23,24)19-9-11-25-12-10-19/h4-6,8,14H,2-3,7,9-12H2,1H3,(H,18,20)(H,21,22). The Bertz CT molecular complexity index is 743. The zero-order valence-corrected chi connectivity index (χ0v) is 15.5. The molecule has 0 aromatic heterocycles. The number of carboxylic acid groups (broad SMARTS) is 1. The Balaban J connectivity index is 2.27. The van der Waals surface area contributed by atoms with Gasteiger partial charge in [-0.15, -0.1) is 0 Å². The number of hydrogen-bond acceptors (Lipinski definition) is 5. The summed E-state index contributed by atoms with van der Waals surface area (Å²) in [6.07, 6.45) is 1.72. The number of aliphatic carboxylic acids is 1. The first-order valence-corrected chi connectivity index (χ1v) is 10.0. The number of hydrogen-bond donors (Lipinski definition) is 2. The molecule has 8 nitrogen and oxygen atoms in total. The zero-order valence-electron chi connectivity index (χ0n) is 14.7. The van der Waals surface area contributed by atoms with Gasteiger partial charge in [-0.25, -0.2) is 13.2 Å². The van der Waals surface area contributed by atoms with Gasteiger partial charge in [-0.3, -0.25) is 4.79 Å². The summed E-state index contributed by atoms with van der Waals surface area (Å²) in [4.78, 5) is 23.8. The molecule has 1 unspecified atom stereocenters. The lowest BCUT2D eigenvalue weighted by molar-refractivity contribution is -0.139. The summed E-state index contributed by atoms with van der Waals surface area (Å²) in [5.41, 5.74) is -0.0539. The molecule has 0 radical (unpaired) electrons. The average molecular weight is 384 g/mol. The van der Waals surface area contributed by atoms with E-state index in [2.05, 4.69) is 5.32 Å². The largest absolute Gasteiger partial charge is 0.480 e. The van der Waals surface area contributed by atoms with E-state index in [1.165, 1.54) is 22.5 Å². The third kappa shape index (κ3) is 4.80. The number of carboxylic acids is 1.